The first kappa shape index (κ1) is 21.9. The number of hydrazone groups is 1. The molecule has 0 saturated heterocycles. The van der Waals surface area contributed by atoms with Crippen LogP contribution in [0, 0.1) is 5.82 Å². The van der Waals surface area contributed by atoms with Crippen molar-refractivity contribution in [3.63, 3.8) is 0 Å². The van der Waals surface area contributed by atoms with Gasteiger partial charge >= 0.3 is 0 Å². The fourth-order valence-electron chi connectivity index (χ4n) is 2.81. The molecule has 6 heteroatoms. The lowest BCUT2D eigenvalue weighted by Crippen LogP contribution is -2.18. The van der Waals surface area contributed by atoms with E-state index in [1.807, 2.05) is 12.1 Å². The molecule has 0 atom stereocenters. The van der Waals surface area contributed by atoms with Crippen molar-refractivity contribution in [1.82, 2.24) is 5.43 Å². The normalized spacial score (nSPS) is 11.4. The van der Waals surface area contributed by atoms with E-state index in [1.54, 1.807) is 48.5 Å². The highest BCUT2D eigenvalue weighted by Gasteiger charge is 2.14. The fraction of sp³-hybridized carbons (Fsp3) is 0.160. The predicted molar refractivity (Wildman–Crippen MR) is 121 cm³/mol. The van der Waals surface area contributed by atoms with Gasteiger partial charge in [-0.2, -0.15) is 5.10 Å². The van der Waals surface area contributed by atoms with Crippen molar-refractivity contribution in [2.45, 2.75) is 26.2 Å². The molecule has 3 aromatic rings. The Bertz CT molecular complexity index is 1080. The van der Waals surface area contributed by atoms with Gasteiger partial charge in [0.25, 0.3) is 11.8 Å². The van der Waals surface area contributed by atoms with Crippen LogP contribution in [0.25, 0.3) is 0 Å². The van der Waals surface area contributed by atoms with E-state index in [9.17, 15) is 14.0 Å². The maximum Gasteiger partial charge on any atom is 0.271 e. The number of nitrogens with one attached hydrogen (secondary N) is 2. The van der Waals surface area contributed by atoms with Crippen molar-refractivity contribution in [1.29, 1.82) is 0 Å². The van der Waals surface area contributed by atoms with Crippen LogP contribution >= 0.6 is 0 Å². The van der Waals surface area contributed by atoms with Crippen LogP contribution in [0.3, 0.4) is 0 Å². The van der Waals surface area contributed by atoms with E-state index in [4.69, 9.17) is 0 Å². The molecular weight excluding hydrogens is 393 g/mol. The molecule has 0 aliphatic carbocycles. The standard InChI is InChI=1S/C25H24FN3O2/c1-25(2,3)20-10-6-18(7-11-20)23(30)28-22-14-8-19(9-15-22)24(31)29-27-16-17-4-12-21(26)13-5-17/h4-16H,1-3H3,(H,28,30)(H,29,31). The minimum atomic E-state index is -0.394. The Labute approximate surface area is 181 Å². The molecule has 2 amide bonds. The third kappa shape index (κ3) is 6.09. The highest BCUT2D eigenvalue weighted by Crippen LogP contribution is 2.22. The maximum atomic E-state index is 12.9. The fourth-order valence-corrected chi connectivity index (χ4v) is 2.81. The van der Waals surface area contributed by atoms with Gasteiger partial charge in [0.05, 0.1) is 6.21 Å². The molecular formula is C25H24FN3O2. The van der Waals surface area contributed by atoms with Gasteiger partial charge < -0.3 is 5.32 Å². The highest BCUT2D eigenvalue weighted by molar-refractivity contribution is 6.04. The SMILES string of the molecule is CC(C)(C)c1ccc(C(=O)Nc2ccc(C(=O)NN=Cc3ccc(F)cc3)cc2)cc1. The number of hydrogen-bond donors (Lipinski definition) is 2. The van der Waals surface area contributed by atoms with Crippen LogP contribution < -0.4 is 10.7 Å². The number of benzene rings is 3. The van der Waals surface area contributed by atoms with Crippen molar-refractivity contribution < 1.29 is 14.0 Å². The molecule has 3 aromatic carbocycles. The lowest BCUT2D eigenvalue weighted by Gasteiger charge is -2.19. The molecule has 0 fully saturated rings. The number of halogens is 1. The molecule has 31 heavy (non-hydrogen) atoms. The second kappa shape index (κ2) is 9.34. The number of carbonyl (C=O) groups is 2. The third-order valence-corrected chi connectivity index (χ3v) is 4.67. The van der Waals surface area contributed by atoms with Gasteiger partial charge in [0, 0.05) is 16.8 Å². The summed E-state index contributed by atoms with van der Waals surface area (Å²) >= 11 is 0. The van der Waals surface area contributed by atoms with Crippen LogP contribution in [0.5, 0.6) is 0 Å². The summed E-state index contributed by atoms with van der Waals surface area (Å²) in [7, 11) is 0. The van der Waals surface area contributed by atoms with Gasteiger partial charge in [-0.05, 0) is 65.1 Å². The first-order chi connectivity index (χ1) is 14.7. The molecule has 158 valence electrons. The zero-order valence-corrected chi connectivity index (χ0v) is 17.6. The number of rotatable bonds is 5. The summed E-state index contributed by atoms with van der Waals surface area (Å²) in [6.07, 6.45) is 1.43. The molecule has 2 N–H and O–H groups in total. The zero-order valence-electron chi connectivity index (χ0n) is 17.6. The summed E-state index contributed by atoms with van der Waals surface area (Å²) < 4.78 is 12.9. The topological polar surface area (TPSA) is 70.6 Å². The highest BCUT2D eigenvalue weighted by atomic mass is 19.1. The maximum absolute atomic E-state index is 12.9. The average Bonchev–Trinajstić information content (AvgIpc) is 2.75. The van der Waals surface area contributed by atoms with Gasteiger partial charge in [-0.3, -0.25) is 9.59 Å². The molecule has 0 bridgehead atoms. The van der Waals surface area contributed by atoms with Crippen molar-refractivity contribution in [3.8, 4) is 0 Å². The molecule has 0 saturated carbocycles. The molecule has 0 aliphatic rings. The lowest BCUT2D eigenvalue weighted by atomic mass is 9.87. The summed E-state index contributed by atoms with van der Waals surface area (Å²) in [5.41, 5.74) is 5.79. The summed E-state index contributed by atoms with van der Waals surface area (Å²) in [4.78, 5) is 24.6. The predicted octanol–water partition coefficient (Wildman–Crippen LogP) is 5.14. The molecule has 0 spiro atoms. The van der Waals surface area contributed by atoms with Crippen molar-refractivity contribution in [2.75, 3.05) is 5.32 Å². The van der Waals surface area contributed by atoms with Crippen molar-refractivity contribution >= 4 is 23.7 Å². The number of nitrogens with zero attached hydrogens (tertiary/aromatic N) is 1. The zero-order chi connectivity index (χ0) is 22.4. The molecule has 0 aliphatic heterocycles. The van der Waals surface area contributed by atoms with Crippen LogP contribution in [-0.4, -0.2) is 18.0 Å². The quantitative estimate of drug-likeness (QED) is 0.446. The summed E-state index contributed by atoms with van der Waals surface area (Å²) in [6.45, 7) is 6.36. The number of anilines is 1. The lowest BCUT2D eigenvalue weighted by molar-refractivity contribution is 0.0954. The Kier molecular flexibility index (Phi) is 6.60. The van der Waals surface area contributed by atoms with E-state index in [2.05, 4.69) is 36.6 Å². The molecule has 0 aromatic heterocycles. The number of carbonyl (C=O) groups excluding carboxylic acids is 2. The average molecular weight is 417 g/mol. The van der Waals surface area contributed by atoms with E-state index >= 15 is 0 Å². The summed E-state index contributed by atoms with van der Waals surface area (Å²) in [5, 5.41) is 6.69. The molecule has 3 rings (SSSR count). The van der Waals surface area contributed by atoms with E-state index < -0.39 is 5.91 Å². The molecule has 0 unspecified atom stereocenters. The largest absolute Gasteiger partial charge is 0.322 e. The Hall–Kier alpha value is -3.80. The monoisotopic (exact) mass is 417 g/mol. The first-order valence-corrected chi connectivity index (χ1v) is 9.83. The molecule has 5 nitrogen and oxygen atoms in total. The van der Waals surface area contributed by atoms with E-state index in [1.165, 1.54) is 18.3 Å². The van der Waals surface area contributed by atoms with Crippen LogP contribution in [0.1, 0.15) is 52.6 Å². The van der Waals surface area contributed by atoms with E-state index in [0.29, 0.717) is 22.4 Å². The first-order valence-electron chi connectivity index (χ1n) is 9.83. The van der Waals surface area contributed by atoms with Gasteiger partial charge in [-0.15, -0.1) is 0 Å². The Morgan fingerprint density at radius 1 is 0.806 bits per heavy atom. The van der Waals surface area contributed by atoms with Crippen LogP contribution in [0.4, 0.5) is 10.1 Å². The summed E-state index contributed by atoms with van der Waals surface area (Å²) in [5.74, 6) is -0.953. The number of amides is 2. The van der Waals surface area contributed by atoms with Crippen LogP contribution in [-0.2, 0) is 5.41 Å². The molecule has 0 heterocycles. The van der Waals surface area contributed by atoms with Crippen molar-refractivity contribution in [3.05, 3.63) is 101 Å². The minimum absolute atomic E-state index is 0.0223. The second-order valence-corrected chi connectivity index (χ2v) is 8.11. The second-order valence-electron chi connectivity index (χ2n) is 8.11. The van der Waals surface area contributed by atoms with Crippen molar-refractivity contribution in [2.24, 2.45) is 5.10 Å². The minimum Gasteiger partial charge on any atom is -0.322 e. The van der Waals surface area contributed by atoms with E-state index in [0.717, 1.165) is 5.56 Å². The van der Waals surface area contributed by atoms with Crippen LogP contribution in [0.2, 0.25) is 0 Å². The van der Waals surface area contributed by atoms with Gasteiger partial charge in [0.1, 0.15) is 5.82 Å². The smallest absolute Gasteiger partial charge is 0.271 e. The summed E-state index contributed by atoms with van der Waals surface area (Å²) in [6, 6.07) is 19.8. The number of hydrogen-bond acceptors (Lipinski definition) is 3. The Balaban J connectivity index is 1.57. The Morgan fingerprint density at radius 2 is 1.35 bits per heavy atom. The van der Waals surface area contributed by atoms with Gasteiger partial charge in [-0.25, -0.2) is 9.82 Å². The van der Waals surface area contributed by atoms with Crippen LogP contribution in [0.15, 0.2) is 77.9 Å². The Morgan fingerprint density at radius 3 is 1.94 bits per heavy atom. The third-order valence-electron chi connectivity index (χ3n) is 4.67. The van der Waals surface area contributed by atoms with E-state index in [-0.39, 0.29) is 17.1 Å². The van der Waals surface area contributed by atoms with Gasteiger partial charge in [0.2, 0.25) is 0 Å². The van der Waals surface area contributed by atoms with Gasteiger partial charge in [0.15, 0.2) is 0 Å². The van der Waals surface area contributed by atoms with Gasteiger partial charge in [-0.1, -0.05) is 45.0 Å². The molecule has 0 radical (unpaired) electrons.